The summed E-state index contributed by atoms with van der Waals surface area (Å²) in [7, 11) is -0.900. The maximum absolute atomic E-state index is 12.6. The quantitative estimate of drug-likeness (QED) is 0.769. The van der Waals surface area contributed by atoms with Crippen molar-refractivity contribution < 1.29 is 27.5 Å². The molecule has 1 aliphatic heterocycles. The Balaban J connectivity index is 1.92. The Hall–Kier alpha value is -2.17. The van der Waals surface area contributed by atoms with Crippen molar-refractivity contribution in [3.05, 3.63) is 24.3 Å². The van der Waals surface area contributed by atoms with E-state index >= 15 is 0 Å². The standard InChI is InChI=1S/C15H21N3O6S/c1-23-12-3-5-13(6-4-12)25(21,22)18-9-7-17(8-10-18)11-14(19)16-15(20)24-2/h3-6H,7-11H2,1-2H3,(H,16,19,20). The summed E-state index contributed by atoms with van der Waals surface area (Å²) in [6.07, 6.45) is -0.814. The second kappa shape index (κ2) is 8.28. The van der Waals surface area contributed by atoms with Crippen LogP contribution in [-0.2, 0) is 19.6 Å². The van der Waals surface area contributed by atoms with Gasteiger partial charge in [-0.1, -0.05) is 0 Å². The molecule has 0 atom stereocenters. The second-order valence-electron chi connectivity index (χ2n) is 5.40. The maximum atomic E-state index is 12.6. The van der Waals surface area contributed by atoms with Gasteiger partial charge in [-0.2, -0.15) is 4.31 Å². The third-order valence-electron chi connectivity index (χ3n) is 3.82. The summed E-state index contributed by atoms with van der Waals surface area (Å²) >= 11 is 0. The van der Waals surface area contributed by atoms with Gasteiger partial charge in [-0.25, -0.2) is 13.2 Å². The minimum absolute atomic E-state index is 0.00548. The molecule has 2 rings (SSSR count). The molecule has 1 saturated heterocycles. The zero-order valence-electron chi connectivity index (χ0n) is 14.1. The molecule has 9 nitrogen and oxygen atoms in total. The zero-order valence-corrected chi connectivity index (χ0v) is 14.9. The average Bonchev–Trinajstić information content (AvgIpc) is 2.62. The fourth-order valence-corrected chi connectivity index (χ4v) is 3.85. The molecule has 0 aromatic heterocycles. The van der Waals surface area contributed by atoms with Crippen LogP contribution < -0.4 is 10.1 Å². The summed E-state index contributed by atoms with van der Waals surface area (Å²) < 4.78 is 36.0. The van der Waals surface area contributed by atoms with Gasteiger partial charge >= 0.3 is 6.09 Å². The van der Waals surface area contributed by atoms with E-state index in [9.17, 15) is 18.0 Å². The number of rotatable bonds is 5. The Morgan fingerprint density at radius 3 is 2.20 bits per heavy atom. The molecule has 0 saturated carbocycles. The van der Waals surface area contributed by atoms with Gasteiger partial charge in [-0.3, -0.25) is 15.0 Å². The van der Waals surface area contributed by atoms with Crippen molar-refractivity contribution in [1.29, 1.82) is 0 Å². The van der Waals surface area contributed by atoms with Crippen LogP contribution in [0.15, 0.2) is 29.2 Å². The molecule has 0 bridgehead atoms. The van der Waals surface area contributed by atoms with Crippen molar-refractivity contribution in [1.82, 2.24) is 14.5 Å². The van der Waals surface area contributed by atoms with Crippen LogP contribution in [0.3, 0.4) is 0 Å². The van der Waals surface area contributed by atoms with Gasteiger partial charge in [0.2, 0.25) is 15.9 Å². The van der Waals surface area contributed by atoms with Crippen LogP contribution in [0.1, 0.15) is 0 Å². The van der Waals surface area contributed by atoms with Gasteiger partial charge in [-0.05, 0) is 24.3 Å². The number of imide groups is 1. The lowest BCUT2D eigenvalue weighted by atomic mass is 10.3. The van der Waals surface area contributed by atoms with E-state index < -0.39 is 22.0 Å². The molecular weight excluding hydrogens is 350 g/mol. The zero-order chi connectivity index (χ0) is 18.4. The number of methoxy groups -OCH3 is 2. The van der Waals surface area contributed by atoms with Crippen molar-refractivity contribution in [3.8, 4) is 5.75 Å². The van der Waals surface area contributed by atoms with Gasteiger partial charge in [-0.15, -0.1) is 0 Å². The molecule has 1 aromatic carbocycles. The largest absolute Gasteiger partial charge is 0.497 e. The van der Waals surface area contributed by atoms with E-state index in [-0.39, 0.29) is 24.5 Å². The van der Waals surface area contributed by atoms with E-state index in [1.807, 2.05) is 0 Å². The molecule has 1 aromatic rings. The lowest BCUT2D eigenvalue weighted by Gasteiger charge is -2.33. The molecule has 1 heterocycles. The van der Waals surface area contributed by atoms with Gasteiger partial charge in [0, 0.05) is 26.2 Å². The minimum atomic E-state index is -3.59. The first-order valence-electron chi connectivity index (χ1n) is 7.61. The highest BCUT2D eigenvalue weighted by molar-refractivity contribution is 7.89. The second-order valence-corrected chi connectivity index (χ2v) is 7.33. The molecule has 1 aliphatic rings. The summed E-state index contributed by atoms with van der Waals surface area (Å²) in [5, 5.41) is 2.07. The van der Waals surface area contributed by atoms with Crippen molar-refractivity contribution in [3.63, 3.8) is 0 Å². The van der Waals surface area contributed by atoms with Gasteiger partial charge in [0.1, 0.15) is 5.75 Å². The summed E-state index contributed by atoms with van der Waals surface area (Å²) in [4.78, 5) is 24.6. The molecule has 0 unspecified atom stereocenters. The van der Waals surface area contributed by atoms with Crippen LogP contribution in [0.5, 0.6) is 5.75 Å². The normalized spacial score (nSPS) is 16.2. The van der Waals surface area contributed by atoms with Crippen molar-refractivity contribution >= 4 is 22.0 Å². The molecule has 1 N–H and O–H groups in total. The van der Waals surface area contributed by atoms with E-state index in [1.165, 1.54) is 30.7 Å². The third-order valence-corrected chi connectivity index (χ3v) is 5.74. The number of piperazine rings is 1. The first kappa shape index (κ1) is 19.2. The van der Waals surface area contributed by atoms with Crippen molar-refractivity contribution in [2.75, 3.05) is 46.9 Å². The Bertz CT molecular complexity index is 711. The Morgan fingerprint density at radius 1 is 1.08 bits per heavy atom. The molecule has 2 amide bonds. The number of carbonyl (C=O) groups is 2. The lowest BCUT2D eigenvalue weighted by molar-refractivity contribution is -0.121. The van der Waals surface area contributed by atoms with Crippen LogP contribution >= 0.6 is 0 Å². The molecule has 0 spiro atoms. The highest BCUT2D eigenvalue weighted by Crippen LogP contribution is 2.20. The first-order chi connectivity index (χ1) is 11.9. The predicted octanol–water partition coefficient (Wildman–Crippen LogP) is -0.116. The number of carbonyl (C=O) groups excluding carboxylic acids is 2. The number of hydrogen-bond donors (Lipinski definition) is 1. The molecule has 10 heteroatoms. The molecule has 0 aliphatic carbocycles. The minimum Gasteiger partial charge on any atom is -0.497 e. The highest BCUT2D eigenvalue weighted by atomic mass is 32.2. The highest BCUT2D eigenvalue weighted by Gasteiger charge is 2.29. The number of ether oxygens (including phenoxy) is 2. The average molecular weight is 371 g/mol. The topological polar surface area (TPSA) is 105 Å². The Morgan fingerprint density at radius 2 is 1.68 bits per heavy atom. The molecule has 0 radical (unpaired) electrons. The van der Waals surface area contributed by atoms with Crippen LogP contribution in [0.25, 0.3) is 0 Å². The Kier molecular flexibility index (Phi) is 6.34. The monoisotopic (exact) mass is 371 g/mol. The molecule has 25 heavy (non-hydrogen) atoms. The number of nitrogens with one attached hydrogen (secondary N) is 1. The summed E-state index contributed by atoms with van der Waals surface area (Å²) in [5.74, 6) is 0.0960. The number of benzene rings is 1. The predicted molar refractivity (Wildman–Crippen MR) is 88.7 cm³/mol. The summed E-state index contributed by atoms with van der Waals surface area (Å²) in [6.45, 7) is 1.32. The van der Waals surface area contributed by atoms with Crippen molar-refractivity contribution in [2.24, 2.45) is 0 Å². The van der Waals surface area contributed by atoms with Crippen molar-refractivity contribution in [2.45, 2.75) is 4.90 Å². The fourth-order valence-electron chi connectivity index (χ4n) is 2.43. The van der Waals surface area contributed by atoms with E-state index in [1.54, 1.807) is 17.0 Å². The summed E-state index contributed by atoms with van der Waals surface area (Å²) in [5.41, 5.74) is 0. The van der Waals surface area contributed by atoms with Gasteiger partial charge < -0.3 is 9.47 Å². The lowest BCUT2D eigenvalue weighted by Crippen LogP contribution is -2.51. The maximum Gasteiger partial charge on any atom is 0.413 e. The molecular formula is C15H21N3O6S. The first-order valence-corrected chi connectivity index (χ1v) is 9.05. The van der Waals surface area contributed by atoms with Crippen LogP contribution in [0, 0.1) is 0 Å². The van der Waals surface area contributed by atoms with E-state index in [0.29, 0.717) is 18.8 Å². The van der Waals surface area contributed by atoms with Gasteiger partial charge in [0.25, 0.3) is 0 Å². The molecule has 1 fully saturated rings. The summed E-state index contributed by atoms with van der Waals surface area (Å²) in [6, 6.07) is 6.20. The van der Waals surface area contributed by atoms with E-state index in [0.717, 1.165) is 0 Å². The van der Waals surface area contributed by atoms with E-state index in [4.69, 9.17) is 4.74 Å². The number of amides is 2. The SMILES string of the molecule is COC(=O)NC(=O)CN1CCN(S(=O)(=O)c2ccc(OC)cc2)CC1. The van der Waals surface area contributed by atoms with Gasteiger partial charge in [0.05, 0.1) is 25.7 Å². The van der Waals surface area contributed by atoms with Crippen LogP contribution in [0.4, 0.5) is 4.79 Å². The smallest absolute Gasteiger partial charge is 0.413 e. The number of nitrogens with zero attached hydrogens (tertiary/aromatic N) is 2. The molecule has 138 valence electrons. The van der Waals surface area contributed by atoms with Crippen LogP contribution in [0.2, 0.25) is 0 Å². The van der Waals surface area contributed by atoms with Gasteiger partial charge in [0.15, 0.2) is 0 Å². The van der Waals surface area contributed by atoms with E-state index in [2.05, 4.69) is 10.1 Å². The Labute approximate surface area is 146 Å². The number of hydrogen-bond acceptors (Lipinski definition) is 7. The number of alkyl carbamates (subject to hydrolysis) is 1. The van der Waals surface area contributed by atoms with Crippen LogP contribution in [-0.4, -0.2) is 76.6 Å². The third kappa shape index (κ3) is 4.91. The fraction of sp³-hybridized carbons (Fsp3) is 0.467. The number of sulfonamides is 1.